The van der Waals surface area contributed by atoms with Crippen molar-refractivity contribution in [1.82, 2.24) is 0 Å². The zero-order valence-electron chi connectivity index (χ0n) is 13.7. The SMILES string of the molecule is C/C=C\C(C)=C(\C)C(C)C.CC.CC.CC. The van der Waals surface area contributed by atoms with E-state index < -0.39 is 0 Å². The number of allylic oxidation sites excluding steroid dienone is 4. The molecule has 0 amide bonds. The fourth-order valence-electron chi connectivity index (χ4n) is 0.837. The van der Waals surface area contributed by atoms with Gasteiger partial charge in [0.15, 0.2) is 0 Å². The van der Waals surface area contributed by atoms with Crippen molar-refractivity contribution in [2.75, 3.05) is 0 Å². The normalized spacial score (nSPS) is 10.2. The molecule has 0 rings (SSSR count). The summed E-state index contributed by atoms with van der Waals surface area (Å²) in [5.41, 5.74) is 2.88. The van der Waals surface area contributed by atoms with Crippen LogP contribution in [0.1, 0.15) is 76.2 Å². The molecule has 0 atom stereocenters. The van der Waals surface area contributed by atoms with Gasteiger partial charge in [0.2, 0.25) is 0 Å². The van der Waals surface area contributed by atoms with E-state index in [0.717, 1.165) is 0 Å². The molecule has 0 bridgehead atoms. The van der Waals surface area contributed by atoms with Crippen LogP contribution in [-0.2, 0) is 0 Å². The molecule has 0 aliphatic rings. The maximum absolute atomic E-state index is 2.22. The fourth-order valence-corrected chi connectivity index (χ4v) is 0.837. The summed E-state index contributed by atoms with van der Waals surface area (Å²) in [6, 6.07) is 0. The highest BCUT2D eigenvalue weighted by molar-refractivity contribution is 5.22. The van der Waals surface area contributed by atoms with Gasteiger partial charge in [0.1, 0.15) is 0 Å². The topological polar surface area (TPSA) is 0 Å². The Morgan fingerprint density at radius 1 is 0.812 bits per heavy atom. The highest BCUT2D eigenvalue weighted by atomic mass is 14.0. The molecule has 0 aliphatic heterocycles. The molecule has 0 saturated heterocycles. The van der Waals surface area contributed by atoms with Gasteiger partial charge in [-0.05, 0) is 26.7 Å². The van der Waals surface area contributed by atoms with Gasteiger partial charge in [-0.25, -0.2) is 0 Å². The van der Waals surface area contributed by atoms with Crippen molar-refractivity contribution in [3.63, 3.8) is 0 Å². The van der Waals surface area contributed by atoms with Crippen molar-refractivity contribution in [1.29, 1.82) is 0 Å². The molecule has 0 fully saturated rings. The third kappa shape index (κ3) is 19.1. The summed E-state index contributed by atoms with van der Waals surface area (Å²) < 4.78 is 0. The van der Waals surface area contributed by atoms with Gasteiger partial charge in [-0.1, -0.05) is 78.7 Å². The first-order chi connectivity index (χ1) is 7.59. The summed E-state index contributed by atoms with van der Waals surface area (Å²) in [5, 5.41) is 0. The van der Waals surface area contributed by atoms with Gasteiger partial charge in [-0.2, -0.15) is 0 Å². The lowest BCUT2D eigenvalue weighted by Gasteiger charge is -2.06. The van der Waals surface area contributed by atoms with Crippen molar-refractivity contribution in [2.24, 2.45) is 5.92 Å². The van der Waals surface area contributed by atoms with E-state index in [1.165, 1.54) is 11.1 Å². The molecule has 0 N–H and O–H groups in total. The molecule has 0 heterocycles. The summed E-state index contributed by atoms with van der Waals surface area (Å²) in [6.45, 7) is 22.9. The van der Waals surface area contributed by atoms with Crippen molar-refractivity contribution >= 4 is 0 Å². The van der Waals surface area contributed by atoms with Crippen LogP contribution in [0.4, 0.5) is 0 Å². The predicted molar refractivity (Wildman–Crippen MR) is 82.1 cm³/mol. The molecular formula is C16H36. The van der Waals surface area contributed by atoms with Crippen LogP contribution < -0.4 is 0 Å². The van der Waals surface area contributed by atoms with E-state index in [1.807, 2.05) is 41.5 Å². The average molecular weight is 228 g/mol. The zero-order valence-corrected chi connectivity index (χ0v) is 13.7. The van der Waals surface area contributed by atoms with E-state index in [0.29, 0.717) is 5.92 Å². The fraction of sp³-hybridized carbons (Fsp3) is 0.750. The number of hydrogen-bond donors (Lipinski definition) is 0. The Morgan fingerprint density at radius 2 is 1.12 bits per heavy atom. The van der Waals surface area contributed by atoms with E-state index in [4.69, 9.17) is 0 Å². The zero-order chi connectivity index (χ0) is 14.1. The van der Waals surface area contributed by atoms with Crippen LogP contribution in [0.5, 0.6) is 0 Å². The molecule has 16 heavy (non-hydrogen) atoms. The van der Waals surface area contributed by atoms with E-state index in [-0.39, 0.29) is 0 Å². The lowest BCUT2D eigenvalue weighted by Crippen LogP contribution is -1.91. The van der Waals surface area contributed by atoms with Crippen molar-refractivity contribution in [3.05, 3.63) is 23.3 Å². The minimum Gasteiger partial charge on any atom is -0.0874 e. The first-order valence-electron chi connectivity index (χ1n) is 6.89. The van der Waals surface area contributed by atoms with Gasteiger partial charge in [-0.15, -0.1) is 0 Å². The highest BCUT2D eigenvalue weighted by Crippen LogP contribution is 2.14. The van der Waals surface area contributed by atoms with Gasteiger partial charge in [0.25, 0.3) is 0 Å². The van der Waals surface area contributed by atoms with Crippen LogP contribution in [0.25, 0.3) is 0 Å². The Bertz CT molecular complexity index is 147. The molecule has 0 radical (unpaired) electrons. The number of hydrogen-bond acceptors (Lipinski definition) is 0. The maximum atomic E-state index is 2.22. The largest absolute Gasteiger partial charge is 0.0874 e. The van der Waals surface area contributed by atoms with Gasteiger partial charge < -0.3 is 0 Å². The van der Waals surface area contributed by atoms with E-state index in [1.54, 1.807) is 0 Å². The summed E-state index contributed by atoms with van der Waals surface area (Å²) in [4.78, 5) is 0. The van der Waals surface area contributed by atoms with Crippen LogP contribution in [-0.4, -0.2) is 0 Å². The van der Waals surface area contributed by atoms with Crippen LogP contribution >= 0.6 is 0 Å². The maximum Gasteiger partial charge on any atom is -0.0257 e. The minimum absolute atomic E-state index is 0.677. The van der Waals surface area contributed by atoms with E-state index in [9.17, 15) is 0 Å². The Hall–Kier alpha value is -0.520. The van der Waals surface area contributed by atoms with Gasteiger partial charge in [0, 0.05) is 0 Å². The predicted octanol–water partition coefficient (Wildman–Crippen LogP) is 6.63. The lowest BCUT2D eigenvalue weighted by atomic mass is 10.00. The Labute approximate surface area is 106 Å². The molecule has 0 aromatic heterocycles. The lowest BCUT2D eigenvalue weighted by molar-refractivity contribution is 0.760. The van der Waals surface area contributed by atoms with Gasteiger partial charge in [-0.3, -0.25) is 0 Å². The van der Waals surface area contributed by atoms with Crippen LogP contribution in [0.2, 0.25) is 0 Å². The molecule has 0 saturated carbocycles. The molecule has 100 valence electrons. The summed E-state index contributed by atoms with van der Waals surface area (Å²) >= 11 is 0. The Balaban J connectivity index is -0.000000103. The number of rotatable bonds is 2. The molecule has 0 aliphatic carbocycles. The Morgan fingerprint density at radius 3 is 1.31 bits per heavy atom. The van der Waals surface area contributed by atoms with E-state index >= 15 is 0 Å². The van der Waals surface area contributed by atoms with Gasteiger partial charge in [0.05, 0.1) is 0 Å². The highest BCUT2D eigenvalue weighted by Gasteiger charge is 1.97. The van der Waals surface area contributed by atoms with Crippen molar-refractivity contribution in [2.45, 2.75) is 76.2 Å². The molecule has 0 aromatic carbocycles. The smallest absolute Gasteiger partial charge is 0.0257 e. The molecule has 0 aromatic rings. The monoisotopic (exact) mass is 228 g/mol. The van der Waals surface area contributed by atoms with Crippen LogP contribution in [0.3, 0.4) is 0 Å². The van der Waals surface area contributed by atoms with Crippen LogP contribution in [0.15, 0.2) is 23.3 Å². The molecule has 0 nitrogen and oxygen atoms in total. The third-order valence-electron chi connectivity index (χ3n) is 1.90. The van der Waals surface area contributed by atoms with Crippen LogP contribution in [0, 0.1) is 5.92 Å². The second-order valence-corrected chi connectivity index (χ2v) is 3.02. The summed E-state index contributed by atoms with van der Waals surface area (Å²) in [5.74, 6) is 0.677. The summed E-state index contributed by atoms with van der Waals surface area (Å²) in [7, 11) is 0. The standard InChI is InChI=1S/C10H18.3C2H6/c1-6-7-9(4)10(5)8(2)3;3*1-2/h6-8H,1-5H3;3*1-2H3/b7-6-,10-9-;;;. The molecule has 0 spiro atoms. The van der Waals surface area contributed by atoms with Crippen molar-refractivity contribution < 1.29 is 0 Å². The first kappa shape index (κ1) is 24.6. The van der Waals surface area contributed by atoms with Gasteiger partial charge >= 0.3 is 0 Å². The van der Waals surface area contributed by atoms with E-state index in [2.05, 4.69) is 46.8 Å². The average Bonchev–Trinajstić information content (AvgIpc) is 2.36. The Kier molecular flexibility index (Phi) is 36.9. The second-order valence-electron chi connectivity index (χ2n) is 3.02. The molecular weight excluding hydrogens is 192 g/mol. The molecule has 0 unspecified atom stereocenters. The minimum atomic E-state index is 0.677. The quantitative estimate of drug-likeness (QED) is 0.465. The second kappa shape index (κ2) is 24.0. The molecule has 0 heteroatoms. The first-order valence-corrected chi connectivity index (χ1v) is 6.89. The summed E-state index contributed by atoms with van der Waals surface area (Å²) in [6.07, 6.45) is 4.25. The third-order valence-corrected chi connectivity index (χ3v) is 1.90. The van der Waals surface area contributed by atoms with Crippen molar-refractivity contribution in [3.8, 4) is 0 Å².